The molecule has 4 nitrogen and oxygen atoms in total. The lowest BCUT2D eigenvalue weighted by molar-refractivity contribution is -0.137. The Bertz CT molecular complexity index is 1120. The van der Waals surface area contributed by atoms with Gasteiger partial charge >= 0.3 is 6.18 Å². The fourth-order valence-electron chi connectivity index (χ4n) is 5.65. The van der Waals surface area contributed by atoms with Crippen LogP contribution in [0.5, 0.6) is 5.75 Å². The Hall–Kier alpha value is -2.83. The van der Waals surface area contributed by atoms with E-state index in [-0.39, 0.29) is 28.0 Å². The van der Waals surface area contributed by atoms with E-state index in [1.807, 2.05) is 13.0 Å². The fraction of sp³-hybridized carbons (Fsp3) is 0.481. The predicted molar refractivity (Wildman–Crippen MR) is 123 cm³/mol. The van der Waals surface area contributed by atoms with Crippen molar-refractivity contribution in [1.29, 1.82) is 0 Å². The number of nitrogens with zero attached hydrogens (tertiary/aromatic N) is 2. The van der Waals surface area contributed by atoms with Gasteiger partial charge in [-0.1, -0.05) is 43.7 Å². The van der Waals surface area contributed by atoms with Crippen molar-refractivity contribution in [2.24, 2.45) is 0 Å². The molecule has 180 valence electrons. The molecule has 2 bridgehead atoms. The maximum atomic E-state index is 13.9. The van der Waals surface area contributed by atoms with E-state index < -0.39 is 11.7 Å². The maximum absolute atomic E-state index is 13.9. The molecule has 3 aliphatic rings. The van der Waals surface area contributed by atoms with E-state index in [1.165, 1.54) is 17.7 Å². The van der Waals surface area contributed by atoms with Crippen molar-refractivity contribution >= 4 is 0 Å². The smallest absolute Gasteiger partial charge is 0.417 e. The minimum atomic E-state index is -4.56. The minimum Gasteiger partial charge on any atom is -0.494 e. The molecule has 3 aliphatic carbocycles. The number of rotatable bonds is 7. The highest BCUT2D eigenvalue weighted by Gasteiger charge is 2.52. The van der Waals surface area contributed by atoms with E-state index in [4.69, 9.17) is 9.15 Å². The summed E-state index contributed by atoms with van der Waals surface area (Å²) in [6.45, 7) is 2.38. The Morgan fingerprint density at radius 2 is 1.59 bits per heavy atom. The number of hydrogen-bond acceptors (Lipinski definition) is 4. The van der Waals surface area contributed by atoms with Gasteiger partial charge < -0.3 is 9.15 Å². The Labute approximate surface area is 197 Å². The highest BCUT2D eigenvalue weighted by Crippen LogP contribution is 2.58. The highest BCUT2D eigenvalue weighted by atomic mass is 19.4. The molecule has 3 fully saturated rings. The third-order valence-electron chi connectivity index (χ3n) is 7.80. The van der Waals surface area contributed by atoms with Crippen LogP contribution in [-0.4, -0.2) is 16.8 Å². The molecule has 0 aliphatic heterocycles. The summed E-state index contributed by atoms with van der Waals surface area (Å²) in [4.78, 5) is 0. The highest BCUT2D eigenvalue weighted by molar-refractivity contribution is 5.61. The lowest BCUT2D eigenvalue weighted by atomic mass is 9.52. The first-order valence-corrected chi connectivity index (χ1v) is 12.1. The zero-order chi connectivity index (χ0) is 23.8. The molecule has 0 saturated heterocycles. The number of aromatic nitrogens is 2. The van der Waals surface area contributed by atoms with Crippen molar-refractivity contribution in [3.8, 4) is 17.2 Å². The second kappa shape index (κ2) is 8.75. The van der Waals surface area contributed by atoms with Gasteiger partial charge in [0.25, 0.3) is 0 Å². The Kier molecular flexibility index (Phi) is 5.90. The summed E-state index contributed by atoms with van der Waals surface area (Å²) < 4.78 is 53.1. The Balaban J connectivity index is 1.40. The lowest BCUT2D eigenvalue weighted by Gasteiger charge is -2.52. The number of benzene rings is 2. The van der Waals surface area contributed by atoms with E-state index >= 15 is 0 Å². The van der Waals surface area contributed by atoms with Crippen molar-refractivity contribution in [3.63, 3.8) is 0 Å². The summed E-state index contributed by atoms with van der Waals surface area (Å²) in [5, 5.41) is 8.34. The normalized spacial score (nSPS) is 24.4. The van der Waals surface area contributed by atoms with Gasteiger partial charge in [-0.05, 0) is 74.1 Å². The van der Waals surface area contributed by atoms with Crippen LogP contribution in [0.2, 0.25) is 0 Å². The van der Waals surface area contributed by atoms with Gasteiger partial charge in [0.05, 0.1) is 17.7 Å². The molecule has 1 heterocycles. The standard InChI is InChI=1S/C27H29F3N2O2/c1-2-3-17-33-20-9-10-21(22(18-20)27(28,29)30)23-31-32-24(34-23)26-14-11-25(12-15-26,13-16-26)19-7-5-4-6-8-19/h4-10,18H,2-3,11-17H2,1H3. The topological polar surface area (TPSA) is 48.2 Å². The second-order valence-electron chi connectivity index (χ2n) is 9.75. The lowest BCUT2D eigenvalue weighted by Crippen LogP contribution is -2.46. The summed E-state index contributed by atoms with van der Waals surface area (Å²) in [5.74, 6) is 0.585. The zero-order valence-electron chi connectivity index (χ0n) is 19.3. The van der Waals surface area contributed by atoms with Crippen LogP contribution >= 0.6 is 0 Å². The summed E-state index contributed by atoms with van der Waals surface area (Å²) >= 11 is 0. The van der Waals surface area contributed by atoms with Gasteiger partial charge in [-0.15, -0.1) is 10.2 Å². The molecular weight excluding hydrogens is 441 g/mol. The molecule has 0 radical (unpaired) electrons. The van der Waals surface area contributed by atoms with Crippen LogP contribution in [0.3, 0.4) is 0 Å². The Morgan fingerprint density at radius 1 is 0.912 bits per heavy atom. The first-order chi connectivity index (χ1) is 16.4. The minimum absolute atomic E-state index is 0.0812. The number of hydrogen-bond donors (Lipinski definition) is 0. The van der Waals surface area contributed by atoms with Crippen LogP contribution in [-0.2, 0) is 17.0 Å². The van der Waals surface area contributed by atoms with Crippen molar-refractivity contribution < 1.29 is 22.3 Å². The molecule has 7 heteroatoms. The van der Waals surface area contributed by atoms with E-state index in [0.29, 0.717) is 12.5 Å². The van der Waals surface area contributed by atoms with Gasteiger partial charge in [-0.25, -0.2) is 0 Å². The van der Waals surface area contributed by atoms with Crippen LogP contribution in [0.4, 0.5) is 13.2 Å². The number of ether oxygens (including phenoxy) is 1. The average molecular weight is 471 g/mol. The van der Waals surface area contributed by atoms with Crippen LogP contribution < -0.4 is 4.74 Å². The third kappa shape index (κ3) is 4.10. The SMILES string of the molecule is CCCCOc1ccc(-c2nnc(C34CCC(c5ccccc5)(CC3)CC4)o2)c(C(F)(F)F)c1. The van der Waals surface area contributed by atoms with Crippen molar-refractivity contribution in [2.75, 3.05) is 6.61 Å². The molecular formula is C27H29F3N2O2. The second-order valence-corrected chi connectivity index (χ2v) is 9.75. The molecule has 34 heavy (non-hydrogen) atoms. The summed E-state index contributed by atoms with van der Waals surface area (Å²) in [6.07, 6.45) is 2.90. The first-order valence-electron chi connectivity index (χ1n) is 12.1. The van der Waals surface area contributed by atoms with Gasteiger partial charge in [0.15, 0.2) is 0 Å². The van der Waals surface area contributed by atoms with Gasteiger partial charge in [0.2, 0.25) is 11.8 Å². The van der Waals surface area contributed by atoms with E-state index in [1.54, 1.807) is 0 Å². The molecule has 3 aromatic rings. The summed E-state index contributed by atoms with van der Waals surface area (Å²) in [6, 6.07) is 14.6. The van der Waals surface area contributed by atoms with Crippen LogP contribution in [0.15, 0.2) is 52.9 Å². The third-order valence-corrected chi connectivity index (χ3v) is 7.80. The molecule has 1 aromatic heterocycles. The molecule has 0 unspecified atom stereocenters. The van der Waals surface area contributed by atoms with E-state index in [2.05, 4.69) is 34.5 Å². The largest absolute Gasteiger partial charge is 0.494 e. The molecule has 0 amide bonds. The molecule has 3 saturated carbocycles. The van der Waals surface area contributed by atoms with E-state index in [9.17, 15) is 13.2 Å². The number of fused-ring (bicyclic) bond motifs is 3. The Morgan fingerprint density at radius 3 is 2.24 bits per heavy atom. The van der Waals surface area contributed by atoms with Gasteiger partial charge in [-0.3, -0.25) is 0 Å². The first kappa shape index (κ1) is 22.9. The molecule has 6 rings (SSSR count). The monoisotopic (exact) mass is 470 g/mol. The molecule has 2 aromatic carbocycles. The fourth-order valence-corrected chi connectivity index (χ4v) is 5.65. The van der Waals surface area contributed by atoms with Gasteiger partial charge in [0, 0.05) is 5.41 Å². The number of alkyl halides is 3. The maximum Gasteiger partial charge on any atom is 0.417 e. The molecule has 0 spiro atoms. The van der Waals surface area contributed by atoms with Crippen molar-refractivity contribution in [2.45, 2.75) is 75.3 Å². The zero-order valence-corrected chi connectivity index (χ0v) is 19.3. The van der Waals surface area contributed by atoms with Crippen LogP contribution in [0.1, 0.15) is 75.3 Å². The average Bonchev–Trinajstić information content (AvgIpc) is 3.36. The predicted octanol–water partition coefficient (Wildman–Crippen LogP) is 7.48. The summed E-state index contributed by atoms with van der Waals surface area (Å²) in [5.41, 5.74) is 0.401. The van der Waals surface area contributed by atoms with E-state index in [0.717, 1.165) is 57.4 Å². The van der Waals surface area contributed by atoms with Crippen molar-refractivity contribution in [1.82, 2.24) is 10.2 Å². The van der Waals surface area contributed by atoms with Crippen molar-refractivity contribution in [3.05, 3.63) is 65.5 Å². The van der Waals surface area contributed by atoms with Crippen LogP contribution in [0, 0.1) is 0 Å². The van der Waals surface area contributed by atoms with Gasteiger partial charge in [0.1, 0.15) is 5.75 Å². The molecule has 0 N–H and O–H groups in total. The van der Waals surface area contributed by atoms with Gasteiger partial charge in [-0.2, -0.15) is 13.2 Å². The van der Waals surface area contributed by atoms with Crippen LogP contribution in [0.25, 0.3) is 11.5 Å². The number of unbranched alkanes of at least 4 members (excludes halogenated alkanes) is 1. The summed E-state index contributed by atoms with van der Waals surface area (Å²) in [7, 11) is 0. The molecule has 0 atom stereocenters. The number of halogens is 3. The quantitative estimate of drug-likeness (QED) is 0.336.